The first kappa shape index (κ1) is 21.4. The lowest BCUT2D eigenvalue weighted by molar-refractivity contribution is -0.122. The summed E-state index contributed by atoms with van der Waals surface area (Å²) in [5.41, 5.74) is 1.98. The molecule has 0 aliphatic carbocycles. The molecule has 0 unspecified atom stereocenters. The highest BCUT2D eigenvalue weighted by Crippen LogP contribution is 2.18. The number of nitrogens with zero attached hydrogens (tertiary/aromatic N) is 4. The van der Waals surface area contributed by atoms with Gasteiger partial charge >= 0.3 is 0 Å². The van der Waals surface area contributed by atoms with Crippen molar-refractivity contribution in [2.24, 2.45) is 0 Å². The molecule has 0 aliphatic heterocycles. The molecule has 0 saturated heterocycles. The van der Waals surface area contributed by atoms with Crippen LogP contribution in [0.1, 0.15) is 13.3 Å². The zero-order valence-electron chi connectivity index (χ0n) is 17.3. The molecule has 0 spiro atoms. The number of halogens is 2. The molecule has 2 aromatic carbocycles. The topological polar surface area (TPSA) is 81.8 Å². The van der Waals surface area contributed by atoms with Crippen molar-refractivity contribution >= 4 is 16.9 Å². The minimum absolute atomic E-state index is 0.0915. The lowest BCUT2D eigenvalue weighted by Crippen LogP contribution is -2.41. The van der Waals surface area contributed by atoms with Gasteiger partial charge in [-0.1, -0.05) is 19.1 Å². The van der Waals surface area contributed by atoms with Crippen molar-refractivity contribution in [3.05, 3.63) is 82.9 Å². The number of aromatic nitrogens is 4. The Morgan fingerprint density at radius 1 is 1.09 bits per heavy atom. The molecule has 0 aliphatic rings. The number of nitrogens with one attached hydrogen (secondary N) is 1. The molecule has 2 aromatic heterocycles. The molecule has 1 amide bonds. The van der Waals surface area contributed by atoms with Crippen LogP contribution in [0.3, 0.4) is 0 Å². The van der Waals surface area contributed by atoms with E-state index in [2.05, 4.69) is 15.4 Å². The minimum Gasteiger partial charge on any atom is -0.350 e. The van der Waals surface area contributed by atoms with Gasteiger partial charge in [0.05, 0.1) is 29.6 Å². The average molecular weight is 437 g/mol. The van der Waals surface area contributed by atoms with Crippen LogP contribution in [0.4, 0.5) is 8.78 Å². The maximum Gasteiger partial charge on any atom is 0.266 e. The van der Waals surface area contributed by atoms with Crippen LogP contribution in [0.15, 0.2) is 65.7 Å². The third-order valence-corrected chi connectivity index (χ3v) is 5.17. The molecule has 32 heavy (non-hydrogen) atoms. The first-order chi connectivity index (χ1) is 15.4. The number of carbonyl (C=O) groups is 1. The van der Waals surface area contributed by atoms with Crippen LogP contribution < -0.4 is 10.9 Å². The Morgan fingerprint density at radius 2 is 1.91 bits per heavy atom. The molecule has 164 valence electrons. The number of rotatable bonds is 7. The molecular formula is C23H21F2N5O2. The van der Waals surface area contributed by atoms with Gasteiger partial charge in [-0.05, 0) is 42.8 Å². The van der Waals surface area contributed by atoms with E-state index in [-0.39, 0.29) is 30.6 Å². The van der Waals surface area contributed by atoms with Gasteiger partial charge in [0, 0.05) is 17.7 Å². The van der Waals surface area contributed by atoms with E-state index < -0.39 is 11.6 Å². The lowest BCUT2D eigenvalue weighted by Gasteiger charge is -2.18. The van der Waals surface area contributed by atoms with Crippen LogP contribution in [0, 0.1) is 11.6 Å². The standard InChI is InChI=1S/C23H21F2N5O2/c1-2-16(27-22(31)13-29-14-26-20-5-3-4-6-21(20)29)12-30-23(32)10-9-19(28-30)15-7-8-17(24)18(25)11-15/h3-11,14,16H,2,12-13H2,1H3,(H,27,31)/t16-/m1/s1. The van der Waals surface area contributed by atoms with Crippen molar-refractivity contribution in [3.63, 3.8) is 0 Å². The Hall–Kier alpha value is -3.88. The van der Waals surface area contributed by atoms with Gasteiger partial charge in [-0.3, -0.25) is 9.59 Å². The average Bonchev–Trinajstić information content (AvgIpc) is 3.19. The Kier molecular flexibility index (Phi) is 6.07. The summed E-state index contributed by atoms with van der Waals surface area (Å²) in [4.78, 5) is 29.2. The maximum absolute atomic E-state index is 13.6. The fraction of sp³-hybridized carbons (Fsp3) is 0.217. The van der Waals surface area contributed by atoms with Crippen LogP contribution >= 0.6 is 0 Å². The lowest BCUT2D eigenvalue weighted by atomic mass is 10.1. The summed E-state index contributed by atoms with van der Waals surface area (Å²) < 4.78 is 29.8. The summed E-state index contributed by atoms with van der Waals surface area (Å²) in [7, 11) is 0. The molecule has 1 N–H and O–H groups in total. The first-order valence-corrected chi connectivity index (χ1v) is 10.2. The normalized spacial score (nSPS) is 12.1. The van der Waals surface area contributed by atoms with E-state index >= 15 is 0 Å². The number of benzene rings is 2. The second kappa shape index (κ2) is 9.09. The predicted octanol–water partition coefficient (Wildman–Crippen LogP) is 3.13. The number of carbonyl (C=O) groups excluding carboxylic acids is 1. The van der Waals surface area contributed by atoms with Crippen molar-refractivity contribution in [2.75, 3.05) is 0 Å². The van der Waals surface area contributed by atoms with E-state index in [4.69, 9.17) is 0 Å². The Balaban J connectivity index is 1.48. The number of fused-ring (bicyclic) bond motifs is 1. The molecule has 0 saturated carbocycles. The van der Waals surface area contributed by atoms with Crippen LogP contribution in [-0.4, -0.2) is 31.3 Å². The second-order valence-electron chi connectivity index (χ2n) is 7.40. The smallest absolute Gasteiger partial charge is 0.266 e. The van der Waals surface area contributed by atoms with Crippen LogP contribution in [0.25, 0.3) is 22.3 Å². The number of imidazole rings is 1. The van der Waals surface area contributed by atoms with E-state index in [0.717, 1.165) is 23.2 Å². The van der Waals surface area contributed by atoms with Crippen molar-refractivity contribution in [2.45, 2.75) is 32.5 Å². The van der Waals surface area contributed by atoms with E-state index in [1.54, 1.807) is 10.9 Å². The number of amides is 1. The van der Waals surface area contributed by atoms with Gasteiger partial charge in [0.2, 0.25) is 5.91 Å². The molecule has 7 nitrogen and oxygen atoms in total. The number of para-hydroxylation sites is 2. The third-order valence-electron chi connectivity index (χ3n) is 5.17. The summed E-state index contributed by atoms with van der Waals surface area (Å²) in [5.74, 6) is -2.17. The molecule has 1 atom stereocenters. The quantitative estimate of drug-likeness (QED) is 0.482. The van der Waals surface area contributed by atoms with Gasteiger partial charge in [0.25, 0.3) is 5.56 Å². The van der Waals surface area contributed by atoms with Gasteiger partial charge in [0.1, 0.15) is 6.54 Å². The largest absolute Gasteiger partial charge is 0.350 e. The Bertz CT molecular complexity index is 1330. The Morgan fingerprint density at radius 3 is 2.69 bits per heavy atom. The molecule has 4 rings (SSSR count). The van der Waals surface area contributed by atoms with E-state index in [9.17, 15) is 18.4 Å². The van der Waals surface area contributed by atoms with Gasteiger partial charge in [-0.2, -0.15) is 5.10 Å². The van der Waals surface area contributed by atoms with Crippen molar-refractivity contribution < 1.29 is 13.6 Å². The summed E-state index contributed by atoms with van der Waals surface area (Å²) in [5, 5.41) is 7.20. The molecule has 9 heteroatoms. The van der Waals surface area contributed by atoms with E-state index in [1.807, 2.05) is 31.2 Å². The predicted molar refractivity (Wildman–Crippen MR) is 116 cm³/mol. The number of hydrogen-bond donors (Lipinski definition) is 1. The van der Waals surface area contributed by atoms with Crippen molar-refractivity contribution in [3.8, 4) is 11.3 Å². The zero-order chi connectivity index (χ0) is 22.7. The van der Waals surface area contributed by atoms with Crippen LogP contribution in [0.2, 0.25) is 0 Å². The summed E-state index contributed by atoms with van der Waals surface area (Å²) in [6, 6.07) is 13.4. The minimum atomic E-state index is -0.993. The second-order valence-corrected chi connectivity index (χ2v) is 7.40. The molecular weight excluding hydrogens is 416 g/mol. The van der Waals surface area contributed by atoms with Crippen LogP contribution in [-0.2, 0) is 17.9 Å². The SMILES string of the molecule is CC[C@H](Cn1nc(-c2ccc(F)c(F)c2)ccc1=O)NC(=O)Cn1cnc2ccccc21. The molecule has 0 fully saturated rings. The fourth-order valence-corrected chi connectivity index (χ4v) is 3.44. The highest BCUT2D eigenvalue weighted by molar-refractivity contribution is 5.80. The summed E-state index contributed by atoms with van der Waals surface area (Å²) in [6.07, 6.45) is 2.18. The van der Waals surface area contributed by atoms with Crippen molar-refractivity contribution in [1.29, 1.82) is 0 Å². The van der Waals surface area contributed by atoms with Crippen molar-refractivity contribution in [1.82, 2.24) is 24.6 Å². The van der Waals surface area contributed by atoms with Gasteiger partial charge in [-0.15, -0.1) is 0 Å². The van der Waals surface area contributed by atoms with Gasteiger partial charge in [0.15, 0.2) is 11.6 Å². The van der Waals surface area contributed by atoms with E-state index in [0.29, 0.717) is 17.7 Å². The summed E-state index contributed by atoms with van der Waals surface area (Å²) >= 11 is 0. The number of hydrogen-bond acceptors (Lipinski definition) is 4. The molecule has 4 aromatic rings. The molecule has 2 heterocycles. The monoisotopic (exact) mass is 437 g/mol. The van der Waals surface area contributed by atoms with E-state index in [1.165, 1.54) is 22.9 Å². The molecule has 0 radical (unpaired) electrons. The van der Waals surface area contributed by atoms with Crippen LogP contribution in [0.5, 0.6) is 0 Å². The highest BCUT2D eigenvalue weighted by Gasteiger charge is 2.15. The zero-order valence-corrected chi connectivity index (χ0v) is 17.3. The molecule has 0 bridgehead atoms. The fourth-order valence-electron chi connectivity index (χ4n) is 3.44. The van der Waals surface area contributed by atoms with Gasteiger partial charge < -0.3 is 9.88 Å². The maximum atomic E-state index is 13.6. The summed E-state index contributed by atoms with van der Waals surface area (Å²) in [6.45, 7) is 2.12. The third kappa shape index (κ3) is 4.56. The first-order valence-electron chi connectivity index (χ1n) is 10.2. The highest BCUT2D eigenvalue weighted by atomic mass is 19.2. The van der Waals surface area contributed by atoms with Gasteiger partial charge in [-0.25, -0.2) is 18.4 Å². The Labute approximate surface area is 182 Å².